The first-order valence-electron chi connectivity index (χ1n) is 11.0. The first-order valence-corrected chi connectivity index (χ1v) is 11.0. The molecule has 1 fully saturated rings. The number of piperidine rings is 1. The maximum absolute atomic E-state index is 13.0. The van der Waals surface area contributed by atoms with E-state index in [9.17, 15) is 4.79 Å². The van der Waals surface area contributed by atoms with E-state index in [2.05, 4.69) is 31.2 Å². The van der Waals surface area contributed by atoms with Crippen LogP contribution in [0.25, 0.3) is 0 Å². The number of hydrogen-bond acceptors (Lipinski definition) is 6. The van der Waals surface area contributed by atoms with Gasteiger partial charge in [-0.05, 0) is 81.1 Å². The van der Waals surface area contributed by atoms with Gasteiger partial charge in [0.2, 0.25) is 0 Å². The Labute approximate surface area is 188 Å². The fourth-order valence-electron chi connectivity index (χ4n) is 4.11. The summed E-state index contributed by atoms with van der Waals surface area (Å²) < 4.78 is 5.18. The largest absolute Gasteiger partial charge is 0.497 e. The third-order valence-corrected chi connectivity index (χ3v) is 5.90. The van der Waals surface area contributed by atoms with Gasteiger partial charge in [0.25, 0.3) is 5.91 Å². The fraction of sp³-hybridized carbons (Fsp3) is 0.360. The van der Waals surface area contributed by atoms with Crippen molar-refractivity contribution in [3.63, 3.8) is 0 Å². The van der Waals surface area contributed by atoms with Crippen molar-refractivity contribution >= 4 is 11.6 Å². The number of carbonyl (C=O) groups is 1. The lowest BCUT2D eigenvalue weighted by Gasteiger charge is -2.32. The quantitative estimate of drug-likeness (QED) is 0.611. The molecule has 1 aliphatic rings. The van der Waals surface area contributed by atoms with Crippen molar-refractivity contribution in [1.82, 2.24) is 19.9 Å². The van der Waals surface area contributed by atoms with Crippen LogP contribution in [0.4, 0.5) is 5.69 Å². The van der Waals surface area contributed by atoms with Crippen LogP contribution in [-0.4, -0.2) is 46.0 Å². The highest BCUT2D eigenvalue weighted by molar-refractivity contribution is 6.04. The summed E-state index contributed by atoms with van der Waals surface area (Å²) in [5, 5.41) is 2.95. The smallest absolute Gasteiger partial charge is 0.259 e. The van der Waals surface area contributed by atoms with Gasteiger partial charge in [-0.2, -0.15) is 0 Å². The van der Waals surface area contributed by atoms with Gasteiger partial charge in [-0.25, -0.2) is 9.97 Å². The van der Waals surface area contributed by atoms with Crippen LogP contribution in [0.15, 0.2) is 55.0 Å². The molecule has 0 saturated carbocycles. The molecule has 0 aliphatic carbocycles. The van der Waals surface area contributed by atoms with Crippen LogP contribution >= 0.6 is 0 Å². The molecule has 7 nitrogen and oxygen atoms in total. The number of anilines is 1. The Morgan fingerprint density at radius 2 is 1.94 bits per heavy atom. The van der Waals surface area contributed by atoms with Gasteiger partial charge < -0.3 is 10.1 Å². The van der Waals surface area contributed by atoms with E-state index >= 15 is 0 Å². The van der Waals surface area contributed by atoms with Gasteiger partial charge in [0.15, 0.2) is 0 Å². The predicted octanol–water partition coefficient (Wildman–Crippen LogP) is 3.90. The second kappa shape index (κ2) is 10.3. The summed E-state index contributed by atoms with van der Waals surface area (Å²) in [4.78, 5) is 28.5. The molecule has 166 valence electrons. The number of ether oxygens (including phenoxy) is 1. The van der Waals surface area contributed by atoms with Gasteiger partial charge in [-0.1, -0.05) is 6.07 Å². The topological polar surface area (TPSA) is 80.2 Å². The van der Waals surface area contributed by atoms with Gasteiger partial charge in [-0.3, -0.25) is 14.7 Å². The maximum atomic E-state index is 13.0. The molecule has 2 aromatic heterocycles. The lowest BCUT2D eigenvalue weighted by molar-refractivity contribution is 0.102. The number of benzene rings is 1. The Hall–Kier alpha value is -3.32. The van der Waals surface area contributed by atoms with Crippen LogP contribution in [0.2, 0.25) is 0 Å². The molecule has 0 bridgehead atoms. The van der Waals surface area contributed by atoms with E-state index in [1.165, 1.54) is 5.56 Å². The molecule has 0 atom stereocenters. The SMILES string of the molecule is COc1ccc(NC(=O)c2cnc(C)nc2CC2CCN(Cc3cccnc3)CC2)cc1. The number of rotatable bonds is 7. The second-order valence-corrected chi connectivity index (χ2v) is 8.25. The molecule has 4 rings (SSSR count). The first kappa shape index (κ1) is 21.9. The van der Waals surface area contributed by atoms with E-state index in [0.29, 0.717) is 23.0 Å². The zero-order valence-electron chi connectivity index (χ0n) is 18.6. The molecule has 1 N–H and O–H groups in total. The molecule has 0 spiro atoms. The number of pyridine rings is 1. The molecule has 1 aliphatic heterocycles. The number of nitrogens with one attached hydrogen (secondary N) is 1. The van der Waals surface area contributed by atoms with E-state index in [4.69, 9.17) is 4.74 Å². The predicted molar refractivity (Wildman–Crippen MR) is 124 cm³/mol. The lowest BCUT2D eigenvalue weighted by Crippen LogP contribution is -2.34. The maximum Gasteiger partial charge on any atom is 0.259 e. The van der Waals surface area contributed by atoms with Crippen molar-refractivity contribution in [3.8, 4) is 5.75 Å². The number of carbonyl (C=O) groups excluding carboxylic acids is 1. The summed E-state index contributed by atoms with van der Waals surface area (Å²) in [7, 11) is 1.62. The Kier molecular flexibility index (Phi) is 7.07. The molecule has 3 heterocycles. The zero-order chi connectivity index (χ0) is 22.3. The highest BCUT2D eigenvalue weighted by atomic mass is 16.5. The van der Waals surface area contributed by atoms with E-state index in [0.717, 1.165) is 50.3 Å². The Morgan fingerprint density at radius 1 is 1.16 bits per heavy atom. The molecule has 1 amide bonds. The van der Waals surface area contributed by atoms with E-state index in [-0.39, 0.29) is 5.91 Å². The Balaban J connectivity index is 1.38. The third kappa shape index (κ3) is 5.68. The minimum atomic E-state index is -0.181. The molecule has 32 heavy (non-hydrogen) atoms. The van der Waals surface area contributed by atoms with Crippen LogP contribution in [-0.2, 0) is 13.0 Å². The average molecular weight is 432 g/mol. The summed E-state index contributed by atoms with van der Waals surface area (Å²) >= 11 is 0. The van der Waals surface area contributed by atoms with Gasteiger partial charge in [0, 0.05) is 30.8 Å². The van der Waals surface area contributed by atoms with Crippen molar-refractivity contribution in [2.45, 2.75) is 32.7 Å². The highest BCUT2D eigenvalue weighted by Gasteiger charge is 2.23. The molecule has 0 radical (unpaired) electrons. The summed E-state index contributed by atoms with van der Waals surface area (Å²) in [6, 6.07) is 11.4. The molecule has 7 heteroatoms. The summed E-state index contributed by atoms with van der Waals surface area (Å²) in [6.45, 7) is 4.88. The number of methoxy groups -OCH3 is 1. The molecule has 3 aromatic rings. The number of hydrogen-bond donors (Lipinski definition) is 1. The van der Waals surface area contributed by atoms with Crippen molar-refractivity contribution in [2.75, 3.05) is 25.5 Å². The Bertz CT molecular complexity index is 1030. The summed E-state index contributed by atoms with van der Waals surface area (Å²) in [5.41, 5.74) is 3.33. The minimum Gasteiger partial charge on any atom is -0.497 e. The van der Waals surface area contributed by atoms with E-state index in [1.807, 2.05) is 49.6 Å². The normalized spacial score (nSPS) is 14.8. The van der Waals surface area contributed by atoms with Crippen molar-refractivity contribution in [1.29, 1.82) is 0 Å². The van der Waals surface area contributed by atoms with Crippen molar-refractivity contribution in [3.05, 3.63) is 77.6 Å². The van der Waals surface area contributed by atoms with Crippen LogP contribution in [0, 0.1) is 12.8 Å². The monoisotopic (exact) mass is 431 g/mol. The molecule has 1 saturated heterocycles. The van der Waals surface area contributed by atoms with E-state index in [1.54, 1.807) is 13.3 Å². The van der Waals surface area contributed by atoms with Gasteiger partial charge in [0.1, 0.15) is 11.6 Å². The number of amides is 1. The van der Waals surface area contributed by atoms with Gasteiger partial charge in [-0.15, -0.1) is 0 Å². The van der Waals surface area contributed by atoms with Crippen LogP contribution in [0.5, 0.6) is 5.75 Å². The molecule has 0 unspecified atom stereocenters. The number of nitrogens with zero attached hydrogens (tertiary/aromatic N) is 4. The second-order valence-electron chi connectivity index (χ2n) is 8.25. The van der Waals surface area contributed by atoms with E-state index < -0.39 is 0 Å². The average Bonchev–Trinajstić information content (AvgIpc) is 2.81. The number of aryl methyl sites for hydroxylation is 1. The van der Waals surface area contributed by atoms with Crippen LogP contribution in [0.3, 0.4) is 0 Å². The molecule has 1 aromatic carbocycles. The van der Waals surface area contributed by atoms with Crippen LogP contribution in [0.1, 0.15) is 40.3 Å². The van der Waals surface area contributed by atoms with Gasteiger partial charge >= 0.3 is 0 Å². The summed E-state index contributed by atoms with van der Waals surface area (Å²) in [5.74, 6) is 1.76. The van der Waals surface area contributed by atoms with Crippen molar-refractivity contribution in [2.24, 2.45) is 5.92 Å². The zero-order valence-corrected chi connectivity index (χ0v) is 18.6. The molecular formula is C25H29N5O2. The first-order chi connectivity index (χ1) is 15.6. The highest BCUT2D eigenvalue weighted by Crippen LogP contribution is 2.24. The van der Waals surface area contributed by atoms with Gasteiger partial charge in [0.05, 0.1) is 18.4 Å². The number of likely N-dealkylation sites (tertiary alicyclic amines) is 1. The number of aromatic nitrogens is 3. The third-order valence-electron chi connectivity index (χ3n) is 5.90. The molecular weight excluding hydrogens is 402 g/mol. The summed E-state index contributed by atoms with van der Waals surface area (Å²) in [6.07, 6.45) is 8.35. The Morgan fingerprint density at radius 3 is 2.62 bits per heavy atom. The standard InChI is InChI=1S/C25H29N5O2/c1-18-27-16-23(25(31)29-21-5-7-22(32-2)8-6-21)24(28-18)14-19-9-12-30(13-10-19)17-20-4-3-11-26-15-20/h3-8,11,15-16,19H,9-10,12-14,17H2,1-2H3,(H,29,31). The fourth-order valence-corrected chi connectivity index (χ4v) is 4.11. The lowest BCUT2D eigenvalue weighted by atomic mass is 9.90. The minimum absolute atomic E-state index is 0.181. The van der Waals surface area contributed by atoms with Crippen molar-refractivity contribution < 1.29 is 9.53 Å². The van der Waals surface area contributed by atoms with Crippen LogP contribution < -0.4 is 10.1 Å².